The monoisotopic (exact) mass is 243 g/mol. The number of anilines is 1. The third kappa shape index (κ3) is 2.12. The van der Waals surface area contributed by atoms with Crippen LogP contribution in [0.25, 0.3) is 10.9 Å². The van der Waals surface area contributed by atoms with E-state index in [1.54, 1.807) is 0 Å². The molecule has 0 aliphatic carbocycles. The number of rotatable bonds is 3. The fraction of sp³-hybridized carbons (Fsp3) is 0.286. The summed E-state index contributed by atoms with van der Waals surface area (Å²) in [5, 5.41) is 13.2. The van der Waals surface area contributed by atoms with Gasteiger partial charge in [-0.25, -0.2) is 4.39 Å². The first-order valence-corrected chi connectivity index (χ1v) is 5.90. The van der Waals surface area contributed by atoms with E-state index in [1.807, 2.05) is 6.92 Å². The molecule has 0 aliphatic rings. The maximum Gasteiger partial charge on any atom is 0.125 e. The SMILES string of the molecule is CCCNc1c(C#N)cnc2cc(F)cc(C)c12. The molecule has 18 heavy (non-hydrogen) atoms. The highest BCUT2D eigenvalue weighted by Gasteiger charge is 2.11. The van der Waals surface area contributed by atoms with Crippen molar-refractivity contribution in [1.82, 2.24) is 4.98 Å². The summed E-state index contributed by atoms with van der Waals surface area (Å²) in [4.78, 5) is 4.14. The zero-order valence-corrected chi connectivity index (χ0v) is 10.4. The van der Waals surface area contributed by atoms with Gasteiger partial charge in [0.25, 0.3) is 0 Å². The molecular weight excluding hydrogens is 229 g/mol. The number of nitriles is 1. The molecule has 0 amide bonds. The van der Waals surface area contributed by atoms with E-state index in [2.05, 4.69) is 23.3 Å². The number of hydrogen-bond acceptors (Lipinski definition) is 3. The molecule has 0 fully saturated rings. The average molecular weight is 243 g/mol. The van der Waals surface area contributed by atoms with Crippen molar-refractivity contribution in [2.75, 3.05) is 11.9 Å². The van der Waals surface area contributed by atoms with Crippen molar-refractivity contribution in [2.24, 2.45) is 0 Å². The predicted molar refractivity (Wildman–Crippen MR) is 69.9 cm³/mol. The predicted octanol–water partition coefficient (Wildman–Crippen LogP) is 3.38. The summed E-state index contributed by atoms with van der Waals surface area (Å²) in [7, 11) is 0. The van der Waals surface area contributed by atoms with Gasteiger partial charge in [0.1, 0.15) is 11.9 Å². The zero-order valence-electron chi connectivity index (χ0n) is 10.4. The maximum absolute atomic E-state index is 13.3. The second-order valence-corrected chi connectivity index (χ2v) is 4.20. The lowest BCUT2D eigenvalue weighted by Crippen LogP contribution is -2.04. The second-order valence-electron chi connectivity index (χ2n) is 4.20. The van der Waals surface area contributed by atoms with Gasteiger partial charge in [0, 0.05) is 24.2 Å². The van der Waals surface area contributed by atoms with Crippen LogP contribution in [0.3, 0.4) is 0 Å². The van der Waals surface area contributed by atoms with Gasteiger partial charge < -0.3 is 5.32 Å². The third-order valence-corrected chi connectivity index (χ3v) is 2.80. The Balaban J connectivity index is 2.73. The number of nitrogens with zero attached hydrogens (tertiary/aromatic N) is 2. The third-order valence-electron chi connectivity index (χ3n) is 2.80. The van der Waals surface area contributed by atoms with Crippen LogP contribution in [0.1, 0.15) is 24.5 Å². The molecule has 1 N–H and O–H groups in total. The van der Waals surface area contributed by atoms with Crippen LogP contribution in [0.2, 0.25) is 0 Å². The molecule has 4 heteroatoms. The molecule has 1 aromatic carbocycles. The molecule has 2 aromatic rings. The van der Waals surface area contributed by atoms with Gasteiger partial charge in [-0.1, -0.05) is 6.92 Å². The highest BCUT2D eigenvalue weighted by molar-refractivity contribution is 5.96. The van der Waals surface area contributed by atoms with Crippen molar-refractivity contribution >= 4 is 16.6 Å². The summed E-state index contributed by atoms with van der Waals surface area (Å²) in [5.41, 5.74) is 2.60. The summed E-state index contributed by atoms with van der Waals surface area (Å²) in [6.07, 6.45) is 2.44. The van der Waals surface area contributed by atoms with Gasteiger partial charge in [-0.2, -0.15) is 5.26 Å². The number of halogens is 1. The molecule has 0 spiro atoms. The van der Waals surface area contributed by atoms with Gasteiger partial charge in [-0.3, -0.25) is 4.98 Å². The van der Waals surface area contributed by atoms with Crippen LogP contribution in [-0.2, 0) is 0 Å². The largest absolute Gasteiger partial charge is 0.383 e. The van der Waals surface area contributed by atoms with Gasteiger partial charge in [-0.05, 0) is 25.0 Å². The molecule has 92 valence electrons. The zero-order chi connectivity index (χ0) is 13.1. The van der Waals surface area contributed by atoms with Gasteiger partial charge in [-0.15, -0.1) is 0 Å². The second kappa shape index (κ2) is 5.01. The molecule has 1 heterocycles. The Morgan fingerprint density at radius 3 is 2.89 bits per heavy atom. The molecule has 0 aliphatic heterocycles. The van der Waals surface area contributed by atoms with E-state index < -0.39 is 0 Å². The topological polar surface area (TPSA) is 48.7 Å². The fourth-order valence-corrected chi connectivity index (χ4v) is 2.00. The highest BCUT2D eigenvalue weighted by Crippen LogP contribution is 2.29. The van der Waals surface area contributed by atoms with Gasteiger partial charge in [0.15, 0.2) is 0 Å². The summed E-state index contributed by atoms with van der Waals surface area (Å²) in [6, 6.07) is 4.97. The normalized spacial score (nSPS) is 10.3. The van der Waals surface area contributed by atoms with E-state index in [-0.39, 0.29) is 5.82 Å². The van der Waals surface area contributed by atoms with Crippen molar-refractivity contribution in [1.29, 1.82) is 5.26 Å². The van der Waals surface area contributed by atoms with Gasteiger partial charge in [0.05, 0.1) is 16.8 Å². The standard InChI is InChI=1S/C14H14FN3/c1-3-4-17-14-10(7-16)8-18-12-6-11(15)5-9(2)13(12)14/h5-6,8H,3-4H2,1-2H3,(H,17,18). The summed E-state index contributed by atoms with van der Waals surface area (Å²) in [5.74, 6) is -0.307. The lowest BCUT2D eigenvalue weighted by molar-refractivity contribution is 0.628. The minimum absolute atomic E-state index is 0.307. The summed E-state index contributed by atoms with van der Waals surface area (Å²) < 4.78 is 13.3. The van der Waals surface area contributed by atoms with Crippen LogP contribution in [0.15, 0.2) is 18.3 Å². The van der Waals surface area contributed by atoms with Crippen LogP contribution < -0.4 is 5.32 Å². The summed E-state index contributed by atoms with van der Waals surface area (Å²) >= 11 is 0. The molecule has 2 rings (SSSR count). The fourth-order valence-electron chi connectivity index (χ4n) is 2.00. The number of fused-ring (bicyclic) bond motifs is 1. The molecule has 0 atom stereocenters. The number of aryl methyl sites for hydroxylation is 1. The van der Waals surface area contributed by atoms with Crippen LogP contribution in [0.5, 0.6) is 0 Å². The number of nitrogens with one attached hydrogen (secondary N) is 1. The Kier molecular flexibility index (Phi) is 3.42. The van der Waals surface area contributed by atoms with E-state index in [4.69, 9.17) is 5.26 Å². The molecule has 0 saturated heterocycles. The van der Waals surface area contributed by atoms with Crippen LogP contribution in [0, 0.1) is 24.1 Å². The number of hydrogen-bond donors (Lipinski definition) is 1. The van der Waals surface area contributed by atoms with Crippen LogP contribution in [-0.4, -0.2) is 11.5 Å². The van der Waals surface area contributed by atoms with Crippen LogP contribution in [0.4, 0.5) is 10.1 Å². The van der Waals surface area contributed by atoms with E-state index >= 15 is 0 Å². The Morgan fingerprint density at radius 1 is 1.44 bits per heavy atom. The van der Waals surface area contributed by atoms with Crippen molar-refractivity contribution in [3.63, 3.8) is 0 Å². The van der Waals surface area contributed by atoms with Crippen molar-refractivity contribution < 1.29 is 4.39 Å². The molecule has 0 radical (unpaired) electrons. The van der Waals surface area contributed by atoms with Gasteiger partial charge in [0.2, 0.25) is 0 Å². The molecule has 3 nitrogen and oxygen atoms in total. The molecule has 0 bridgehead atoms. The van der Waals surface area contributed by atoms with Crippen molar-refractivity contribution in [3.8, 4) is 6.07 Å². The first-order valence-electron chi connectivity index (χ1n) is 5.90. The maximum atomic E-state index is 13.3. The van der Waals surface area contributed by atoms with Crippen molar-refractivity contribution in [3.05, 3.63) is 35.3 Å². The lowest BCUT2D eigenvalue weighted by Gasteiger charge is -2.12. The Morgan fingerprint density at radius 2 is 2.22 bits per heavy atom. The first kappa shape index (κ1) is 12.3. The Labute approximate surface area is 105 Å². The molecule has 0 saturated carbocycles. The smallest absolute Gasteiger partial charge is 0.125 e. The quantitative estimate of drug-likeness (QED) is 0.899. The van der Waals surface area contributed by atoms with Crippen LogP contribution >= 0.6 is 0 Å². The van der Waals surface area contributed by atoms with E-state index in [0.29, 0.717) is 11.1 Å². The minimum atomic E-state index is -0.307. The number of aromatic nitrogens is 1. The van der Waals surface area contributed by atoms with E-state index in [1.165, 1.54) is 18.3 Å². The molecular formula is C14H14FN3. The van der Waals surface area contributed by atoms with E-state index in [0.717, 1.165) is 29.6 Å². The average Bonchev–Trinajstić information content (AvgIpc) is 2.35. The van der Waals surface area contributed by atoms with Crippen molar-refractivity contribution in [2.45, 2.75) is 20.3 Å². The Hall–Kier alpha value is -2.15. The Bertz CT molecular complexity index is 629. The molecule has 0 unspecified atom stereocenters. The number of pyridine rings is 1. The highest BCUT2D eigenvalue weighted by atomic mass is 19.1. The first-order chi connectivity index (χ1) is 8.67. The molecule has 1 aromatic heterocycles. The van der Waals surface area contributed by atoms with Gasteiger partial charge >= 0.3 is 0 Å². The lowest BCUT2D eigenvalue weighted by atomic mass is 10.0. The summed E-state index contributed by atoms with van der Waals surface area (Å²) in [6.45, 7) is 4.64. The van der Waals surface area contributed by atoms with E-state index in [9.17, 15) is 4.39 Å². The number of benzene rings is 1. The minimum Gasteiger partial charge on any atom is -0.383 e.